The zero-order valence-electron chi connectivity index (χ0n) is 5.36. The van der Waals surface area contributed by atoms with Gasteiger partial charge in [-0.15, -0.1) is 0 Å². The molecule has 0 spiro atoms. The molecule has 2 heteroatoms. The Kier molecular flexibility index (Phi) is 62.0. The van der Waals surface area contributed by atoms with Crippen LogP contribution in [-0.4, -0.2) is 7.05 Å². The molecule has 0 saturated carbocycles. The molecule has 0 aromatic carbocycles. The van der Waals surface area contributed by atoms with Gasteiger partial charge in [0.05, 0.1) is 0 Å². The van der Waals surface area contributed by atoms with Crippen LogP contribution >= 0.6 is 0 Å². The van der Waals surface area contributed by atoms with Crippen molar-refractivity contribution in [3.63, 3.8) is 0 Å². The molecule has 1 nitrogen and oxygen atoms in total. The maximum atomic E-state index is 3.24. The third kappa shape index (κ3) is 160. The minimum Gasteiger partial charge on any atom is -0.475 e. The van der Waals surface area contributed by atoms with Gasteiger partial charge in [-0.25, -0.2) is 0 Å². The summed E-state index contributed by atoms with van der Waals surface area (Å²) in [6.07, 6.45) is 2.00. The number of hydrogen-bond donors (Lipinski definition) is 1. The van der Waals surface area contributed by atoms with Crippen LogP contribution in [0.15, 0.2) is 0 Å². The molecule has 0 unspecified atom stereocenters. The zero-order valence-corrected chi connectivity index (χ0v) is 8.20. The summed E-state index contributed by atoms with van der Waals surface area (Å²) < 4.78 is 0. The second kappa shape index (κ2) is 27.7. The number of hydrogen-bond acceptors (Lipinski definition) is 1. The summed E-state index contributed by atoms with van der Waals surface area (Å²) in [4.78, 5) is 0. The zero-order chi connectivity index (χ0) is 5.41. The van der Waals surface area contributed by atoms with Crippen LogP contribution in [0.1, 0.15) is 13.8 Å². The summed E-state index contributed by atoms with van der Waals surface area (Å²) >= 11 is 0. The van der Waals surface area contributed by atoms with Crippen molar-refractivity contribution in [2.45, 2.75) is 13.8 Å². The van der Waals surface area contributed by atoms with E-state index in [2.05, 4.69) is 12.4 Å². The van der Waals surface area contributed by atoms with E-state index in [9.17, 15) is 0 Å². The monoisotopic (exact) mass is 176 g/mol. The van der Waals surface area contributed by atoms with E-state index in [4.69, 9.17) is 0 Å². The van der Waals surface area contributed by atoms with Gasteiger partial charge in [0.1, 0.15) is 0 Å². The van der Waals surface area contributed by atoms with E-state index in [1.807, 2.05) is 20.3 Å². The topological polar surface area (TPSA) is 12.0 Å². The van der Waals surface area contributed by atoms with E-state index < -0.39 is 0 Å². The van der Waals surface area contributed by atoms with Crippen molar-refractivity contribution >= 4 is 0 Å². The maximum Gasteiger partial charge on any atom is 3.00 e. The van der Waals surface area contributed by atoms with Crippen molar-refractivity contribution in [2.75, 3.05) is 7.05 Å². The van der Waals surface area contributed by atoms with Crippen LogP contribution in [0, 0.1) is 13.5 Å². The Labute approximate surface area is 72.1 Å². The maximum absolute atomic E-state index is 3.24. The smallest absolute Gasteiger partial charge is 0.475 e. The Morgan fingerprint density at radius 1 is 1.43 bits per heavy atom. The molecule has 0 bridgehead atoms. The van der Waals surface area contributed by atoms with Gasteiger partial charge in [-0.05, 0) is 7.05 Å². The SMILES string of the molecule is C[CH-]C.[CH2-]NC.[Y+3]. The van der Waals surface area contributed by atoms with Crippen molar-refractivity contribution in [2.24, 2.45) is 0 Å². The van der Waals surface area contributed by atoms with E-state index >= 15 is 0 Å². The fourth-order valence-corrected chi connectivity index (χ4v) is 0. The van der Waals surface area contributed by atoms with Gasteiger partial charge in [-0.2, -0.15) is 13.8 Å². The molecule has 0 aromatic heterocycles. The molecular weight excluding hydrogens is 163 g/mol. The molecule has 40 valence electrons. The van der Waals surface area contributed by atoms with Crippen LogP contribution in [0.3, 0.4) is 0 Å². The Hall–Kier alpha value is 1.06. The average Bonchev–Trinajstić information content (AvgIpc) is 1.39. The van der Waals surface area contributed by atoms with Crippen LogP contribution in [0.2, 0.25) is 0 Å². The quantitative estimate of drug-likeness (QED) is 0.547. The van der Waals surface area contributed by atoms with Crippen LogP contribution in [-0.2, 0) is 32.7 Å². The van der Waals surface area contributed by atoms with Gasteiger partial charge in [-0.1, -0.05) is 0 Å². The van der Waals surface area contributed by atoms with Crippen molar-refractivity contribution in [3.05, 3.63) is 13.5 Å². The van der Waals surface area contributed by atoms with E-state index in [1.54, 1.807) is 7.05 Å². The summed E-state index contributed by atoms with van der Waals surface area (Å²) in [6, 6.07) is 0. The Bertz CT molecular complexity index is 10.0. The van der Waals surface area contributed by atoms with Crippen molar-refractivity contribution in [3.8, 4) is 0 Å². The molecule has 1 N–H and O–H groups in total. The molecule has 0 rings (SSSR count). The van der Waals surface area contributed by atoms with Gasteiger partial charge in [0.15, 0.2) is 0 Å². The molecule has 0 atom stereocenters. The molecule has 0 aromatic rings. The first-order valence-corrected chi connectivity index (χ1v) is 2.01. The van der Waals surface area contributed by atoms with Crippen LogP contribution in [0.5, 0.6) is 0 Å². The Morgan fingerprint density at radius 2 is 1.43 bits per heavy atom. The van der Waals surface area contributed by atoms with Crippen LogP contribution in [0.25, 0.3) is 0 Å². The molecule has 0 aliphatic carbocycles. The second-order valence-corrected chi connectivity index (χ2v) is 0.931. The van der Waals surface area contributed by atoms with Gasteiger partial charge in [-0.3, -0.25) is 7.05 Å². The summed E-state index contributed by atoms with van der Waals surface area (Å²) in [5.41, 5.74) is 0. The minimum absolute atomic E-state index is 0. The molecule has 0 saturated heterocycles. The van der Waals surface area contributed by atoms with Crippen molar-refractivity contribution < 1.29 is 32.7 Å². The first-order valence-electron chi connectivity index (χ1n) is 2.01. The van der Waals surface area contributed by atoms with E-state index in [0.717, 1.165) is 0 Å². The van der Waals surface area contributed by atoms with Crippen LogP contribution in [0.4, 0.5) is 0 Å². The fraction of sp³-hybridized carbons (Fsp3) is 0.600. The van der Waals surface area contributed by atoms with Gasteiger partial charge in [0.25, 0.3) is 0 Å². The largest absolute Gasteiger partial charge is 3.00 e. The molecule has 7 heavy (non-hydrogen) atoms. The first-order chi connectivity index (χ1) is 2.83. The van der Waals surface area contributed by atoms with E-state index in [0.29, 0.717) is 0 Å². The van der Waals surface area contributed by atoms with Gasteiger partial charge in [0.2, 0.25) is 0 Å². The molecule has 0 aliphatic rings. The average molecular weight is 176 g/mol. The van der Waals surface area contributed by atoms with Crippen molar-refractivity contribution in [1.29, 1.82) is 0 Å². The van der Waals surface area contributed by atoms with E-state index in [1.165, 1.54) is 0 Å². The number of nitrogens with one attached hydrogen (secondary N) is 1. The third-order valence-electron chi connectivity index (χ3n) is 0. The van der Waals surface area contributed by atoms with E-state index in [-0.39, 0.29) is 32.7 Å². The number of rotatable bonds is 0. The molecule has 0 fully saturated rings. The van der Waals surface area contributed by atoms with Crippen LogP contribution < -0.4 is 5.32 Å². The standard InChI is InChI=1S/C3H7.C2H6N.Y/c2*1-3-2;/h3H,1-2H3;3H,1H2,2H3;/q2*-1;+3. The summed E-state index contributed by atoms with van der Waals surface area (Å²) in [7, 11) is 5.00. The van der Waals surface area contributed by atoms with Gasteiger partial charge in [0, 0.05) is 0 Å². The molecular formula is C5H13NY+. The minimum atomic E-state index is 0. The van der Waals surface area contributed by atoms with Gasteiger partial charge < -0.3 is 11.7 Å². The fourth-order valence-electron chi connectivity index (χ4n) is 0. The van der Waals surface area contributed by atoms with Crippen molar-refractivity contribution in [1.82, 2.24) is 5.32 Å². The van der Waals surface area contributed by atoms with Gasteiger partial charge >= 0.3 is 32.7 Å². The predicted molar refractivity (Wildman–Crippen MR) is 30.1 cm³/mol. The summed E-state index contributed by atoms with van der Waals surface area (Å²) in [6.45, 7) is 4.00. The predicted octanol–water partition coefficient (Wildman–Crippen LogP) is 1.23. The molecule has 0 radical (unpaired) electrons. The summed E-state index contributed by atoms with van der Waals surface area (Å²) in [5, 5.41) is 2.50. The summed E-state index contributed by atoms with van der Waals surface area (Å²) in [5.74, 6) is 0. The Morgan fingerprint density at radius 3 is 1.43 bits per heavy atom. The third-order valence-corrected chi connectivity index (χ3v) is 0. The second-order valence-electron chi connectivity index (χ2n) is 0.931. The molecule has 0 heterocycles. The normalized spacial score (nSPS) is 5.14. The molecule has 0 amide bonds. The first kappa shape index (κ1) is 15.7. The molecule has 0 aliphatic heterocycles. The Balaban J connectivity index is -0.0000000400.